The molecule has 0 aromatic carbocycles. The van der Waals surface area contributed by atoms with Crippen LogP contribution in [0.1, 0.15) is 45.4 Å². The first-order chi connectivity index (χ1) is 6.85. The molecule has 0 aliphatic carbocycles. The summed E-state index contributed by atoms with van der Waals surface area (Å²) in [6, 6.07) is 0. The number of hydrogen-bond donors (Lipinski definition) is 1. The fourth-order valence-electron chi connectivity index (χ4n) is 1.40. The second kappa shape index (κ2) is 11.0. The molecule has 0 heterocycles. The van der Waals surface area contributed by atoms with Crippen LogP contribution < -0.4 is 5.73 Å². The van der Waals surface area contributed by atoms with Crippen molar-refractivity contribution in [3.8, 4) is 0 Å². The first kappa shape index (κ1) is 13.9. The van der Waals surface area contributed by atoms with Crippen LogP contribution in [0.2, 0.25) is 0 Å². The second-order valence-electron chi connectivity index (χ2n) is 3.62. The zero-order valence-corrected chi connectivity index (χ0v) is 9.34. The van der Waals surface area contributed by atoms with Gasteiger partial charge in [-0.25, -0.2) is 5.11 Å². The lowest BCUT2D eigenvalue weighted by molar-refractivity contribution is 0.0260. The van der Waals surface area contributed by atoms with Gasteiger partial charge in [0.1, 0.15) is 0 Å². The lowest BCUT2D eigenvalue weighted by Crippen LogP contribution is -2.16. The van der Waals surface area contributed by atoms with E-state index in [0.29, 0.717) is 19.1 Å². The van der Waals surface area contributed by atoms with E-state index < -0.39 is 0 Å². The van der Waals surface area contributed by atoms with Gasteiger partial charge < -0.3 is 10.5 Å². The molecule has 1 atom stereocenters. The summed E-state index contributed by atoms with van der Waals surface area (Å²) in [6.45, 7) is 3.49. The van der Waals surface area contributed by atoms with Crippen LogP contribution in [0.5, 0.6) is 0 Å². The third-order valence-electron chi connectivity index (χ3n) is 2.25. The van der Waals surface area contributed by atoms with Crippen LogP contribution in [0, 0.1) is 0 Å². The summed E-state index contributed by atoms with van der Waals surface area (Å²) in [5.41, 5.74) is 5.45. The van der Waals surface area contributed by atoms with E-state index in [9.17, 15) is 5.11 Å². The number of rotatable bonds is 10. The van der Waals surface area contributed by atoms with Crippen molar-refractivity contribution >= 4 is 0 Å². The molecule has 0 rings (SSSR count). The van der Waals surface area contributed by atoms with Crippen LogP contribution in [0.25, 0.3) is 0 Å². The van der Waals surface area contributed by atoms with Gasteiger partial charge in [-0.1, -0.05) is 19.8 Å². The monoisotopic (exact) mass is 202 g/mol. The lowest BCUT2D eigenvalue weighted by atomic mass is 10.1. The Morgan fingerprint density at radius 2 is 1.93 bits per heavy atom. The molecule has 85 valence electrons. The first-order valence-electron chi connectivity index (χ1n) is 5.74. The molecule has 0 spiro atoms. The third-order valence-corrected chi connectivity index (χ3v) is 2.25. The van der Waals surface area contributed by atoms with Crippen molar-refractivity contribution in [3.63, 3.8) is 0 Å². The van der Waals surface area contributed by atoms with Gasteiger partial charge in [-0.2, -0.15) is 0 Å². The smallest absolute Gasteiger partial charge is 0.0844 e. The molecule has 0 saturated heterocycles. The van der Waals surface area contributed by atoms with Gasteiger partial charge in [-0.15, -0.1) is 0 Å². The molecule has 3 nitrogen and oxygen atoms in total. The Labute approximate surface area is 87.6 Å². The van der Waals surface area contributed by atoms with E-state index in [1.165, 1.54) is 12.8 Å². The fourth-order valence-corrected chi connectivity index (χ4v) is 1.40. The Hall–Kier alpha value is -0.120. The Balaban J connectivity index is 3.49. The van der Waals surface area contributed by atoms with Gasteiger partial charge in [0.2, 0.25) is 0 Å². The second-order valence-corrected chi connectivity index (χ2v) is 3.62. The quantitative estimate of drug-likeness (QED) is 0.552. The standard InChI is InChI=1S/C11H24NO2/c1-2-3-6-11(7-4-8-12)14-10-5-9-13/h11H,2-10,12H2,1H3. The summed E-state index contributed by atoms with van der Waals surface area (Å²) in [5.74, 6) is 0. The fraction of sp³-hybridized carbons (Fsp3) is 1.00. The van der Waals surface area contributed by atoms with Gasteiger partial charge >= 0.3 is 0 Å². The van der Waals surface area contributed by atoms with Crippen LogP contribution in [-0.2, 0) is 9.84 Å². The zero-order chi connectivity index (χ0) is 10.6. The predicted octanol–water partition coefficient (Wildman–Crippen LogP) is 2.12. The molecule has 0 fully saturated rings. The van der Waals surface area contributed by atoms with Gasteiger partial charge in [-0.05, 0) is 32.2 Å². The molecule has 2 N–H and O–H groups in total. The lowest BCUT2D eigenvalue weighted by Gasteiger charge is -2.16. The summed E-state index contributed by atoms with van der Waals surface area (Å²) in [4.78, 5) is 0. The number of hydrogen-bond acceptors (Lipinski definition) is 2. The first-order valence-corrected chi connectivity index (χ1v) is 5.74. The van der Waals surface area contributed by atoms with E-state index in [2.05, 4.69) is 6.92 Å². The maximum absolute atomic E-state index is 10.2. The molecule has 0 bridgehead atoms. The van der Waals surface area contributed by atoms with Gasteiger partial charge in [-0.3, -0.25) is 0 Å². The Morgan fingerprint density at radius 3 is 2.50 bits per heavy atom. The minimum absolute atomic E-state index is 0.0304. The molecule has 0 amide bonds. The average molecular weight is 202 g/mol. The van der Waals surface area contributed by atoms with Crippen molar-refractivity contribution in [1.82, 2.24) is 0 Å². The largest absolute Gasteiger partial charge is 0.378 e. The van der Waals surface area contributed by atoms with Crippen LogP contribution in [0.15, 0.2) is 0 Å². The van der Waals surface area contributed by atoms with Crippen molar-refractivity contribution in [3.05, 3.63) is 0 Å². The van der Waals surface area contributed by atoms with E-state index in [1.807, 2.05) is 0 Å². The van der Waals surface area contributed by atoms with Crippen LogP contribution >= 0.6 is 0 Å². The third kappa shape index (κ3) is 8.48. The molecule has 14 heavy (non-hydrogen) atoms. The highest BCUT2D eigenvalue weighted by Crippen LogP contribution is 2.11. The molecule has 0 saturated carbocycles. The van der Waals surface area contributed by atoms with Crippen molar-refractivity contribution in [2.45, 2.75) is 51.6 Å². The van der Waals surface area contributed by atoms with E-state index in [1.54, 1.807) is 0 Å². The molecule has 0 aliphatic heterocycles. The van der Waals surface area contributed by atoms with Crippen LogP contribution in [0.4, 0.5) is 0 Å². The molecule has 3 heteroatoms. The summed E-state index contributed by atoms with van der Waals surface area (Å²) >= 11 is 0. The maximum Gasteiger partial charge on any atom is 0.0844 e. The van der Waals surface area contributed by atoms with E-state index >= 15 is 0 Å². The summed E-state index contributed by atoms with van der Waals surface area (Å²) in [5, 5.41) is 10.2. The number of ether oxygens (including phenoxy) is 1. The Bertz CT molecular complexity index is 101. The highest BCUT2D eigenvalue weighted by atomic mass is 16.5. The summed E-state index contributed by atoms with van der Waals surface area (Å²) in [6.07, 6.45) is 6.52. The van der Waals surface area contributed by atoms with Gasteiger partial charge in [0.25, 0.3) is 0 Å². The molecule has 0 aromatic heterocycles. The summed E-state index contributed by atoms with van der Waals surface area (Å²) < 4.78 is 5.63. The highest BCUT2D eigenvalue weighted by molar-refractivity contribution is 4.59. The average Bonchev–Trinajstić information content (AvgIpc) is 2.21. The number of unbranched alkanes of at least 4 members (excludes halogenated alkanes) is 1. The molecule has 0 aromatic rings. The van der Waals surface area contributed by atoms with Gasteiger partial charge in [0.05, 0.1) is 12.7 Å². The maximum atomic E-state index is 10.2. The number of nitrogens with two attached hydrogens (primary N) is 1. The Morgan fingerprint density at radius 1 is 1.21 bits per heavy atom. The molecular weight excluding hydrogens is 178 g/mol. The molecule has 1 unspecified atom stereocenters. The topological polar surface area (TPSA) is 55.1 Å². The van der Waals surface area contributed by atoms with E-state index in [0.717, 1.165) is 25.8 Å². The van der Waals surface area contributed by atoms with Gasteiger partial charge in [0.15, 0.2) is 0 Å². The van der Waals surface area contributed by atoms with E-state index in [4.69, 9.17) is 10.5 Å². The van der Waals surface area contributed by atoms with E-state index in [-0.39, 0.29) is 6.61 Å². The summed E-state index contributed by atoms with van der Waals surface area (Å²) in [7, 11) is 0. The SMILES string of the molecule is CCCCC(CCCN)OCCC[O]. The van der Waals surface area contributed by atoms with Crippen molar-refractivity contribution in [1.29, 1.82) is 0 Å². The van der Waals surface area contributed by atoms with Crippen molar-refractivity contribution in [2.24, 2.45) is 5.73 Å². The zero-order valence-electron chi connectivity index (χ0n) is 9.34. The Kier molecular flexibility index (Phi) is 10.9. The predicted molar refractivity (Wildman–Crippen MR) is 57.7 cm³/mol. The molecular formula is C11H24NO2. The minimum atomic E-state index is -0.0304. The molecule has 1 radical (unpaired) electrons. The van der Waals surface area contributed by atoms with Crippen LogP contribution in [-0.4, -0.2) is 25.9 Å². The van der Waals surface area contributed by atoms with Crippen molar-refractivity contribution in [2.75, 3.05) is 19.8 Å². The minimum Gasteiger partial charge on any atom is -0.378 e. The van der Waals surface area contributed by atoms with Crippen LogP contribution in [0.3, 0.4) is 0 Å². The van der Waals surface area contributed by atoms with Gasteiger partial charge in [0, 0.05) is 6.61 Å². The molecule has 0 aliphatic rings. The highest BCUT2D eigenvalue weighted by Gasteiger charge is 2.07. The normalized spacial score (nSPS) is 13.1. The van der Waals surface area contributed by atoms with Crippen molar-refractivity contribution < 1.29 is 9.84 Å².